The third-order valence-electron chi connectivity index (χ3n) is 5.02. The van der Waals surface area contributed by atoms with Gasteiger partial charge in [-0.1, -0.05) is 23.7 Å². The molecule has 0 heterocycles. The number of benzene rings is 3. The Morgan fingerprint density at radius 1 is 0.919 bits per heavy atom. The fourth-order valence-corrected chi connectivity index (χ4v) is 3.55. The number of hydrogen-bond donors (Lipinski definition) is 2. The zero-order valence-electron chi connectivity index (χ0n) is 20.6. The van der Waals surface area contributed by atoms with Gasteiger partial charge in [0.05, 0.1) is 37.1 Å². The number of carboxylic acids is 1. The van der Waals surface area contributed by atoms with Crippen molar-refractivity contribution >= 4 is 29.7 Å². The van der Waals surface area contributed by atoms with Gasteiger partial charge in [0.15, 0.2) is 23.0 Å². The van der Waals surface area contributed by atoms with Crippen molar-refractivity contribution in [2.45, 2.75) is 20.5 Å². The average Bonchev–Trinajstić information content (AvgIpc) is 2.89. The Hall–Kier alpha value is -4.24. The molecule has 3 aromatic carbocycles. The lowest BCUT2D eigenvalue weighted by atomic mass is 10.1. The lowest BCUT2D eigenvalue weighted by Crippen LogP contribution is -2.17. The highest BCUT2D eigenvalue weighted by atomic mass is 35.5. The van der Waals surface area contributed by atoms with Gasteiger partial charge in [0.25, 0.3) is 5.91 Å². The summed E-state index contributed by atoms with van der Waals surface area (Å²) in [6.45, 7) is 4.69. The number of carboxylic acid groups (broad SMARTS) is 1. The number of ether oxygens (including phenoxy) is 4. The van der Waals surface area contributed by atoms with E-state index >= 15 is 0 Å². The lowest BCUT2D eigenvalue weighted by molar-refractivity contribution is 0.0696. The molecular weight excluding hydrogens is 500 g/mol. The number of hydrazone groups is 1. The molecule has 0 bridgehead atoms. The predicted molar refractivity (Wildman–Crippen MR) is 140 cm³/mol. The highest BCUT2D eigenvalue weighted by molar-refractivity contribution is 6.32. The first-order valence-corrected chi connectivity index (χ1v) is 11.8. The monoisotopic (exact) mass is 526 g/mol. The quantitative estimate of drug-likeness (QED) is 0.246. The number of rotatable bonds is 12. The van der Waals surface area contributed by atoms with Crippen LogP contribution in [0.3, 0.4) is 0 Å². The zero-order valence-corrected chi connectivity index (χ0v) is 21.4. The van der Waals surface area contributed by atoms with Crippen molar-refractivity contribution in [2.24, 2.45) is 5.10 Å². The highest BCUT2D eigenvalue weighted by Crippen LogP contribution is 2.37. The topological polar surface area (TPSA) is 116 Å². The smallest absolute Gasteiger partial charge is 0.335 e. The molecule has 0 atom stereocenters. The van der Waals surface area contributed by atoms with Crippen LogP contribution in [0.1, 0.15) is 45.7 Å². The van der Waals surface area contributed by atoms with Crippen molar-refractivity contribution in [3.63, 3.8) is 0 Å². The van der Waals surface area contributed by atoms with Crippen molar-refractivity contribution < 1.29 is 33.6 Å². The van der Waals surface area contributed by atoms with Crippen LogP contribution in [0, 0.1) is 0 Å². The number of nitrogens with zero attached hydrogens (tertiary/aromatic N) is 1. The molecule has 9 nitrogen and oxygen atoms in total. The third kappa shape index (κ3) is 7.37. The van der Waals surface area contributed by atoms with E-state index in [1.54, 1.807) is 42.5 Å². The second kappa shape index (κ2) is 13.2. The maximum atomic E-state index is 12.5. The van der Waals surface area contributed by atoms with E-state index in [-0.39, 0.29) is 17.2 Å². The summed E-state index contributed by atoms with van der Waals surface area (Å²) >= 11 is 6.46. The summed E-state index contributed by atoms with van der Waals surface area (Å²) in [7, 11) is 1.50. The van der Waals surface area contributed by atoms with Gasteiger partial charge in [0.2, 0.25) is 0 Å². The Kier molecular flexibility index (Phi) is 9.74. The van der Waals surface area contributed by atoms with E-state index in [0.29, 0.717) is 47.3 Å². The Morgan fingerprint density at radius 3 is 2.24 bits per heavy atom. The molecule has 0 aliphatic heterocycles. The van der Waals surface area contributed by atoms with Gasteiger partial charge in [-0.15, -0.1) is 0 Å². The molecule has 0 saturated heterocycles. The van der Waals surface area contributed by atoms with Crippen LogP contribution < -0.4 is 24.4 Å². The van der Waals surface area contributed by atoms with Crippen LogP contribution in [0.5, 0.6) is 23.0 Å². The first kappa shape index (κ1) is 27.3. The Labute approximate surface area is 219 Å². The second-order valence-electron chi connectivity index (χ2n) is 7.55. The van der Waals surface area contributed by atoms with Crippen LogP contribution in [0.25, 0.3) is 0 Å². The number of amides is 1. The molecule has 0 radical (unpaired) electrons. The minimum atomic E-state index is -0.998. The van der Waals surface area contributed by atoms with E-state index < -0.39 is 11.9 Å². The molecule has 0 saturated carbocycles. The van der Waals surface area contributed by atoms with Crippen LogP contribution in [0.4, 0.5) is 0 Å². The van der Waals surface area contributed by atoms with E-state index in [4.69, 9.17) is 35.7 Å². The molecule has 0 aliphatic carbocycles. The molecule has 0 aliphatic rings. The van der Waals surface area contributed by atoms with Crippen molar-refractivity contribution in [2.75, 3.05) is 20.3 Å². The summed E-state index contributed by atoms with van der Waals surface area (Å²) in [6, 6.07) is 14.5. The van der Waals surface area contributed by atoms with Crippen molar-refractivity contribution in [1.82, 2.24) is 5.43 Å². The molecule has 194 valence electrons. The lowest BCUT2D eigenvalue weighted by Gasteiger charge is -2.14. The van der Waals surface area contributed by atoms with Crippen LogP contribution in [-0.2, 0) is 6.61 Å². The summed E-state index contributed by atoms with van der Waals surface area (Å²) < 4.78 is 22.3. The molecule has 0 aromatic heterocycles. The van der Waals surface area contributed by atoms with Crippen molar-refractivity contribution in [3.8, 4) is 23.0 Å². The molecule has 10 heteroatoms. The van der Waals surface area contributed by atoms with E-state index in [2.05, 4.69) is 10.5 Å². The van der Waals surface area contributed by atoms with Gasteiger partial charge in [-0.05, 0) is 67.4 Å². The van der Waals surface area contributed by atoms with Crippen LogP contribution in [0.2, 0.25) is 5.02 Å². The van der Waals surface area contributed by atoms with Gasteiger partial charge in [0, 0.05) is 5.56 Å². The SMILES string of the molecule is CCOc1ccc(C(=O)N/N=C/c2cc(Cl)c(OCc3ccc(C(=O)O)cc3)c(OCC)c2)cc1OC. The second-order valence-corrected chi connectivity index (χ2v) is 7.96. The minimum absolute atomic E-state index is 0.161. The van der Waals surface area contributed by atoms with Gasteiger partial charge in [0.1, 0.15) is 6.61 Å². The summed E-state index contributed by atoms with van der Waals surface area (Å²) in [4.78, 5) is 23.5. The maximum Gasteiger partial charge on any atom is 0.335 e. The highest BCUT2D eigenvalue weighted by Gasteiger charge is 2.14. The van der Waals surface area contributed by atoms with Crippen molar-refractivity contribution in [3.05, 3.63) is 81.9 Å². The van der Waals surface area contributed by atoms with E-state index in [1.807, 2.05) is 13.8 Å². The maximum absolute atomic E-state index is 12.5. The Bertz CT molecular complexity index is 1280. The number of hydrogen-bond acceptors (Lipinski definition) is 7. The standard InChI is InChI=1S/C27H27ClN2O7/c1-4-35-22-11-10-20(14-23(22)34-3)26(31)30-29-15-18-12-21(28)25(24(13-18)36-5-2)37-16-17-6-8-19(9-7-17)27(32)33/h6-15H,4-5,16H2,1-3H3,(H,30,31)(H,32,33)/b29-15+. The molecule has 0 fully saturated rings. The number of methoxy groups -OCH3 is 1. The molecule has 3 aromatic rings. The third-order valence-corrected chi connectivity index (χ3v) is 5.30. The molecule has 3 rings (SSSR count). The minimum Gasteiger partial charge on any atom is -0.493 e. The first-order chi connectivity index (χ1) is 17.9. The average molecular weight is 527 g/mol. The number of nitrogens with one attached hydrogen (secondary N) is 1. The van der Waals surface area contributed by atoms with Crippen LogP contribution in [-0.4, -0.2) is 43.5 Å². The largest absolute Gasteiger partial charge is 0.493 e. The fraction of sp³-hybridized carbons (Fsp3) is 0.222. The summed E-state index contributed by atoms with van der Waals surface area (Å²) in [6.07, 6.45) is 1.44. The Balaban J connectivity index is 1.70. The van der Waals surface area contributed by atoms with E-state index in [0.717, 1.165) is 5.56 Å². The molecule has 37 heavy (non-hydrogen) atoms. The summed E-state index contributed by atoms with van der Waals surface area (Å²) in [5.41, 5.74) is 4.36. The summed E-state index contributed by atoms with van der Waals surface area (Å²) in [5, 5.41) is 13.3. The van der Waals surface area contributed by atoms with E-state index in [9.17, 15) is 9.59 Å². The number of halogens is 1. The van der Waals surface area contributed by atoms with Gasteiger partial charge in [-0.25, -0.2) is 10.2 Å². The molecule has 1 amide bonds. The first-order valence-electron chi connectivity index (χ1n) is 11.4. The van der Waals surface area contributed by atoms with E-state index in [1.165, 1.54) is 25.5 Å². The van der Waals surface area contributed by atoms with Gasteiger partial charge in [-0.2, -0.15) is 5.10 Å². The van der Waals surface area contributed by atoms with Gasteiger partial charge in [-0.3, -0.25) is 4.79 Å². The van der Waals surface area contributed by atoms with Gasteiger partial charge < -0.3 is 24.1 Å². The van der Waals surface area contributed by atoms with Gasteiger partial charge >= 0.3 is 5.97 Å². The normalized spacial score (nSPS) is 10.7. The fourth-order valence-electron chi connectivity index (χ4n) is 3.28. The Morgan fingerprint density at radius 2 is 1.59 bits per heavy atom. The molecular formula is C27H27ClN2O7. The molecule has 2 N–H and O–H groups in total. The van der Waals surface area contributed by atoms with Crippen LogP contribution in [0.15, 0.2) is 59.7 Å². The molecule has 0 spiro atoms. The molecule has 0 unspecified atom stereocenters. The number of carbonyl (C=O) groups excluding carboxylic acids is 1. The number of aromatic carboxylic acids is 1. The predicted octanol–water partition coefficient (Wildman–Crippen LogP) is 5.19. The number of carbonyl (C=O) groups is 2. The van der Waals surface area contributed by atoms with Crippen molar-refractivity contribution in [1.29, 1.82) is 0 Å². The van der Waals surface area contributed by atoms with Crippen LogP contribution >= 0.6 is 11.6 Å². The zero-order chi connectivity index (χ0) is 26.8. The summed E-state index contributed by atoms with van der Waals surface area (Å²) in [5.74, 6) is 0.307.